The highest BCUT2D eigenvalue weighted by atomic mass is 32.2. The Morgan fingerprint density at radius 3 is 2.37 bits per heavy atom. The molecule has 0 saturated carbocycles. The number of sulfonamides is 1. The van der Waals surface area contributed by atoms with Crippen LogP contribution in [0.3, 0.4) is 0 Å². The molecule has 4 aromatic rings. The maximum Gasteiger partial charge on any atom is 0.265 e. The van der Waals surface area contributed by atoms with Crippen LogP contribution < -0.4 is 18.9 Å². The van der Waals surface area contributed by atoms with E-state index in [4.69, 9.17) is 14.2 Å². The molecule has 0 radical (unpaired) electrons. The van der Waals surface area contributed by atoms with Gasteiger partial charge in [-0.2, -0.15) is 5.21 Å². The van der Waals surface area contributed by atoms with Crippen molar-refractivity contribution in [3.63, 3.8) is 0 Å². The van der Waals surface area contributed by atoms with Crippen LogP contribution in [0.2, 0.25) is 0 Å². The third-order valence-electron chi connectivity index (χ3n) is 5.45. The first-order chi connectivity index (χ1) is 18.1. The summed E-state index contributed by atoms with van der Waals surface area (Å²) in [4.78, 5) is -0.218. The average molecular weight is 540 g/mol. The summed E-state index contributed by atoms with van der Waals surface area (Å²) in [5.74, 6) is 1.08. The zero-order valence-electron chi connectivity index (χ0n) is 21.4. The third-order valence-corrected chi connectivity index (χ3v) is 6.84. The first-order valence-electron chi connectivity index (χ1n) is 11.7. The monoisotopic (exact) mass is 539 g/mol. The van der Waals surface area contributed by atoms with E-state index in [-0.39, 0.29) is 35.4 Å². The van der Waals surface area contributed by atoms with E-state index in [1.807, 2.05) is 20.8 Å². The largest absolute Gasteiger partial charge is 0.497 e. The van der Waals surface area contributed by atoms with E-state index < -0.39 is 15.4 Å². The van der Waals surface area contributed by atoms with Gasteiger partial charge in [-0.1, -0.05) is 45.0 Å². The van der Waals surface area contributed by atoms with E-state index in [0.717, 1.165) is 0 Å². The number of H-pyrrole nitrogens is 1. The van der Waals surface area contributed by atoms with E-state index in [9.17, 15) is 13.5 Å². The number of methoxy groups -OCH3 is 1. The van der Waals surface area contributed by atoms with Crippen molar-refractivity contribution in [1.29, 1.82) is 0 Å². The quantitative estimate of drug-likeness (QED) is 0.270. The van der Waals surface area contributed by atoms with Gasteiger partial charge in [-0.05, 0) is 41.0 Å². The van der Waals surface area contributed by atoms with Crippen LogP contribution >= 0.6 is 0 Å². The summed E-state index contributed by atoms with van der Waals surface area (Å²) < 4.78 is 47.9. The number of aromatic nitrogens is 4. The SMILES string of the molecule is COc1cccc(Oc2c(S(=O)(=O)Nc3ccccc3)cc(-c3nn[nH]n3)c(C(C)(C)C)c2OCCO)c1. The van der Waals surface area contributed by atoms with Gasteiger partial charge < -0.3 is 19.3 Å². The fourth-order valence-electron chi connectivity index (χ4n) is 3.89. The lowest BCUT2D eigenvalue weighted by Gasteiger charge is -2.28. The molecule has 4 rings (SSSR count). The molecule has 1 aromatic heterocycles. The van der Waals surface area contributed by atoms with Gasteiger partial charge in [0.1, 0.15) is 23.0 Å². The van der Waals surface area contributed by atoms with Crippen LogP contribution in [0.15, 0.2) is 65.6 Å². The molecule has 3 aromatic carbocycles. The second-order valence-corrected chi connectivity index (χ2v) is 10.9. The van der Waals surface area contributed by atoms with Crippen molar-refractivity contribution in [2.45, 2.75) is 31.1 Å². The van der Waals surface area contributed by atoms with Crippen molar-refractivity contribution in [3.05, 3.63) is 66.2 Å². The first kappa shape index (κ1) is 26.9. The second-order valence-electron chi connectivity index (χ2n) is 9.27. The van der Waals surface area contributed by atoms with Crippen LogP contribution in [0, 0.1) is 0 Å². The van der Waals surface area contributed by atoms with Crippen molar-refractivity contribution < 1.29 is 27.7 Å². The summed E-state index contributed by atoms with van der Waals surface area (Å²) in [6.07, 6.45) is 0. The van der Waals surface area contributed by atoms with Crippen molar-refractivity contribution >= 4 is 15.7 Å². The number of aromatic amines is 1. The lowest BCUT2D eigenvalue weighted by atomic mass is 9.82. The summed E-state index contributed by atoms with van der Waals surface area (Å²) in [7, 11) is -2.72. The molecular weight excluding hydrogens is 510 g/mol. The van der Waals surface area contributed by atoms with Crippen molar-refractivity contribution in [2.24, 2.45) is 0 Å². The van der Waals surface area contributed by atoms with Gasteiger partial charge >= 0.3 is 0 Å². The lowest BCUT2D eigenvalue weighted by Crippen LogP contribution is -2.20. The molecule has 200 valence electrons. The van der Waals surface area contributed by atoms with Gasteiger partial charge in [0.15, 0.2) is 11.5 Å². The van der Waals surface area contributed by atoms with Gasteiger partial charge in [0.25, 0.3) is 10.0 Å². The standard InChI is InChI=1S/C26H29N5O6S/c1-26(2,3)22-20(25-27-30-31-28-25)16-21(38(33,34)29-17-9-6-5-7-10-17)23(24(22)36-14-13-32)37-19-12-8-11-18(15-19)35-4/h5-12,15-16,29,32H,13-14H2,1-4H3,(H,27,28,30,31). The minimum Gasteiger partial charge on any atom is -0.497 e. The smallest absolute Gasteiger partial charge is 0.265 e. The van der Waals surface area contributed by atoms with Crippen LogP contribution in [0.25, 0.3) is 11.4 Å². The summed E-state index contributed by atoms with van der Waals surface area (Å²) in [6, 6.07) is 16.7. The minimum absolute atomic E-state index is 0.0627. The Balaban J connectivity index is 2.04. The Bertz CT molecular complexity index is 1490. The minimum atomic E-state index is -4.24. The summed E-state index contributed by atoms with van der Waals surface area (Å²) in [5.41, 5.74) is 0.718. The molecule has 38 heavy (non-hydrogen) atoms. The Morgan fingerprint density at radius 2 is 1.74 bits per heavy atom. The van der Waals surface area contributed by atoms with Crippen molar-refractivity contribution in [1.82, 2.24) is 20.6 Å². The molecule has 3 N–H and O–H groups in total. The van der Waals surface area contributed by atoms with Crippen molar-refractivity contribution in [3.8, 4) is 34.4 Å². The predicted molar refractivity (Wildman–Crippen MR) is 141 cm³/mol. The molecule has 0 aliphatic rings. The fourth-order valence-corrected chi connectivity index (χ4v) is 5.10. The number of tetrazole rings is 1. The Kier molecular flexibility index (Phi) is 7.83. The van der Waals surface area contributed by atoms with Crippen LogP contribution in [0.4, 0.5) is 5.69 Å². The number of nitrogens with zero attached hydrogens (tertiary/aromatic N) is 3. The molecule has 0 bridgehead atoms. The number of aliphatic hydroxyl groups is 1. The highest BCUT2D eigenvalue weighted by Gasteiger charge is 2.35. The molecule has 1 heterocycles. The molecule has 0 aliphatic heterocycles. The van der Waals surface area contributed by atoms with E-state index in [2.05, 4.69) is 25.3 Å². The molecular formula is C26H29N5O6S. The number of ether oxygens (including phenoxy) is 3. The van der Waals surface area contributed by atoms with E-state index in [1.165, 1.54) is 13.2 Å². The van der Waals surface area contributed by atoms with E-state index in [1.54, 1.807) is 54.6 Å². The summed E-state index contributed by atoms with van der Waals surface area (Å²) in [5, 5.41) is 23.9. The van der Waals surface area contributed by atoms with Gasteiger partial charge in [-0.15, -0.1) is 10.2 Å². The maximum absolute atomic E-state index is 13.9. The van der Waals surface area contributed by atoms with E-state index in [0.29, 0.717) is 28.3 Å². The summed E-state index contributed by atoms with van der Waals surface area (Å²) >= 11 is 0. The Morgan fingerprint density at radius 1 is 1.00 bits per heavy atom. The number of anilines is 1. The number of hydrogen-bond acceptors (Lipinski definition) is 9. The van der Waals surface area contributed by atoms with Crippen LogP contribution in [-0.4, -0.2) is 54.5 Å². The molecule has 11 nitrogen and oxygen atoms in total. The number of hydrogen-bond donors (Lipinski definition) is 3. The number of para-hydroxylation sites is 1. The molecule has 0 amide bonds. The lowest BCUT2D eigenvalue weighted by molar-refractivity contribution is 0.194. The first-order valence-corrected chi connectivity index (χ1v) is 13.2. The topological polar surface area (TPSA) is 149 Å². The third kappa shape index (κ3) is 5.87. The van der Waals surface area contributed by atoms with Gasteiger partial charge in [0, 0.05) is 22.9 Å². The molecule has 0 spiro atoms. The average Bonchev–Trinajstić information content (AvgIpc) is 3.42. The van der Waals surface area contributed by atoms with Crippen LogP contribution in [0.1, 0.15) is 26.3 Å². The highest BCUT2D eigenvalue weighted by molar-refractivity contribution is 7.92. The molecule has 0 aliphatic carbocycles. The normalized spacial score (nSPS) is 11.7. The van der Waals surface area contributed by atoms with E-state index >= 15 is 0 Å². The number of benzene rings is 3. The number of nitrogens with one attached hydrogen (secondary N) is 2. The highest BCUT2D eigenvalue weighted by Crippen LogP contribution is 2.49. The van der Waals surface area contributed by atoms with Gasteiger partial charge in [-0.3, -0.25) is 4.72 Å². The van der Waals surface area contributed by atoms with Crippen molar-refractivity contribution in [2.75, 3.05) is 25.0 Å². The summed E-state index contributed by atoms with van der Waals surface area (Å²) in [6.45, 7) is 5.38. The second kappa shape index (κ2) is 11.1. The Hall–Kier alpha value is -4.16. The van der Waals surface area contributed by atoms with Gasteiger partial charge in [0.05, 0.1) is 13.7 Å². The zero-order chi connectivity index (χ0) is 27.3. The van der Waals surface area contributed by atoms with Gasteiger partial charge in [-0.25, -0.2) is 8.42 Å². The fraction of sp³-hybridized carbons (Fsp3) is 0.269. The molecule has 0 fully saturated rings. The molecule has 0 atom stereocenters. The predicted octanol–water partition coefficient (Wildman–Crippen LogP) is 4.14. The Labute approximate surface area is 220 Å². The molecule has 0 unspecified atom stereocenters. The maximum atomic E-state index is 13.9. The van der Waals surface area contributed by atoms with Gasteiger partial charge in [0.2, 0.25) is 5.82 Å². The molecule has 12 heteroatoms. The zero-order valence-corrected chi connectivity index (χ0v) is 22.2. The number of rotatable bonds is 10. The van der Waals surface area contributed by atoms with Crippen LogP contribution in [-0.2, 0) is 15.4 Å². The molecule has 0 saturated heterocycles. The number of aliphatic hydroxyl groups excluding tert-OH is 1. The van der Waals surface area contributed by atoms with Crippen LogP contribution in [0.5, 0.6) is 23.0 Å².